The molecule has 0 N–H and O–H groups in total. The maximum absolute atomic E-state index is 4.28. The van der Waals surface area contributed by atoms with Crippen LogP contribution in [-0.2, 0) is 0 Å². The normalized spacial score (nSPS) is 11.6. The second-order valence-electron chi connectivity index (χ2n) is 13.0. The zero-order valence-corrected chi connectivity index (χ0v) is 29.2. The van der Waals surface area contributed by atoms with E-state index >= 15 is 0 Å². The molecule has 9 rings (SSSR count). The molecule has 0 atom stereocenters. The lowest BCUT2D eigenvalue weighted by Gasteiger charge is -2.10. The number of thiophene rings is 1. The quantitative estimate of drug-likeness (QED) is 0.159. The van der Waals surface area contributed by atoms with Crippen molar-refractivity contribution in [2.24, 2.45) is 0 Å². The molecule has 1 nitrogen and oxygen atoms in total. The first-order valence-corrected chi connectivity index (χ1v) is 18.2. The van der Waals surface area contributed by atoms with Crippen LogP contribution in [0.5, 0.6) is 0 Å². The van der Waals surface area contributed by atoms with E-state index in [-0.39, 0.29) is 0 Å². The first-order valence-electron chi connectivity index (χ1n) is 17.4. The van der Waals surface area contributed by atoms with Gasteiger partial charge in [0.15, 0.2) is 0 Å². The van der Waals surface area contributed by atoms with E-state index in [1.54, 1.807) is 0 Å². The summed E-state index contributed by atoms with van der Waals surface area (Å²) < 4.78 is 4.95. The molecular formula is C49H35NS. The third-order valence-electron chi connectivity index (χ3n) is 9.89. The summed E-state index contributed by atoms with van der Waals surface area (Å²) in [7, 11) is 0. The lowest BCUT2D eigenvalue weighted by atomic mass is 9.96. The van der Waals surface area contributed by atoms with Gasteiger partial charge < -0.3 is 4.57 Å². The van der Waals surface area contributed by atoms with E-state index in [1.807, 2.05) is 17.4 Å². The molecule has 51 heavy (non-hydrogen) atoms. The van der Waals surface area contributed by atoms with Crippen LogP contribution >= 0.6 is 11.3 Å². The summed E-state index contributed by atoms with van der Waals surface area (Å²) in [5.74, 6) is 0. The average molecular weight is 670 g/mol. The summed E-state index contributed by atoms with van der Waals surface area (Å²) in [4.78, 5) is 0. The largest absolute Gasteiger partial charge is 0.309 e. The Bertz CT molecular complexity index is 2760. The van der Waals surface area contributed by atoms with Gasteiger partial charge in [-0.3, -0.25) is 0 Å². The van der Waals surface area contributed by atoms with Gasteiger partial charge in [0, 0.05) is 36.8 Å². The van der Waals surface area contributed by atoms with E-state index in [9.17, 15) is 0 Å². The molecule has 0 amide bonds. The van der Waals surface area contributed by atoms with Crippen LogP contribution in [0, 0.1) is 0 Å². The van der Waals surface area contributed by atoms with Gasteiger partial charge in [0.1, 0.15) is 0 Å². The van der Waals surface area contributed by atoms with Gasteiger partial charge >= 0.3 is 0 Å². The van der Waals surface area contributed by atoms with Crippen LogP contribution in [0.3, 0.4) is 0 Å². The van der Waals surface area contributed by atoms with E-state index in [0.29, 0.717) is 0 Å². The second-order valence-corrected chi connectivity index (χ2v) is 14.0. The number of hydrogen-bond donors (Lipinski definition) is 0. The minimum atomic E-state index is 1.10. The van der Waals surface area contributed by atoms with Crippen LogP contribution in [0.15, 0.2) is 176 Å². The van der Waals surface area contributed by atoms with Gasteiger partial charge in [0.25, 0.3) is 0 Å². The van der Waals surface area contributed by atoms with Crippen LogP contribution < -0.4 is 0 Å². The van der Waals surface area contributed by atoms with Gasteiger partial charge in [0.2, 0.25) is 0 Å². The second kappa shape index (κ2) is 12.9. The number of rotatable bonds is 7. The molecule has 0 aliphatic carbocycles. The number of allylic oxidation sites excluding steroid dienone is 1. The summed E-state index contributed by atoms with van der Waals surface area (Å²) in [6.45, 7) is 6.36. The summed E-state index contributed by atoms with van der Waals surface area (Å²) in [6.07, 6.45) is 6.32. The average Bonchev–Trinajstić information content (AvgIpc) is 3.72. The highest BCUT2D eigenvalue weighted by molar-refractivity contribution is 7.25. The minimum absolute atomic E-state index is 1.10. The first-order chi connectivity index (χ1) is 25.2. The molecule has 2 heterocycles. The van der Waals surface area contributed by atoms with Gasteiger partial charge in [-0.1, -0.05) is 128 Å². The summed E-state index contributed by atoms with van der Waals surface area (Å²) in [5, 5.41) is 3.77. The maximum Gasteiger partial charge on any atom is 0.0541 e. The summed E-state index contributed by atoms with van der Waals surface area (Å²) >= 11 is 1.85. The van der Waals surface area contributed by atoms with Crippen molar-refractivity contribution >= 4 is 54.6 Å². The Balaban J connectivity index is 1.15. The smallest absolute Gasteiger partial charge is 0.0541 e. The SMILES string of the molecule is C=Cc1c(/C=C\C)c2cc(-c3ccccc3)ccc2n1-c1ccc2sc3ccc(-c4cccc(-c5cccc(-c6ccccc6)c5)c4)cc3c2c1. The molecule has 0 saturated heterocycles. The topological polar surface area (TPSA) is 4.93 Å². The molecule has 9 aromatic rings. The number of benzene rings is 7. The molecule has 0 bridgehead atoms. The predicted molar refractivity (Wildman–Crippen MR) is 223 cm³/mol. The van der Waals surface area contributed by atoms with Crippen LogP contribution in [0.4, 0.5) is 0 Å². The fraction of sp³-hybridized carbons (Fsp3) is 0.0204. The molecular weight excluding hydrogens is 635 g/mol. The van der Waals surface area contributed by atoms with Crippen LogP contribution in [0.25, 0.3) is 93.4 Å². The molecule has 0 radical (unpaired) electrons. The van der Waals surface area contributed by atoms with E-state index in [1.165, 1.54) is 81.1 Å². The van der Waals surface area contributed by atoms with Gasteiger partial charge in [-0.25, -0.2) is 0 Å². The van der Waals surface area contributed by atoms with Gasteiger partial charge in [0.05, 0.1) is 11.2 Å². The first kappa shape index (κ1) is 30.8. The van der Waals surface area contributed by atoms with E-state index < -0.39 is 0 Å². The highest BCUT2D eigenvalue weighted by atomic mass is 32.1. The molecule has 0 fully saturated rings. The highest BCUT2D eigenvalue weighted by Gasteiger charge is 2.17. The Morgan fingerprint density at radius 1 is 0.471 bits per heavy atom. The lowest BCUT2D eigenvalue weighted by Crippen LogP contribution is -1.96. The molecule has 2 aromatic heterocycles. The Kier molecular flexibility index (Phi) is 7.80. The third kappa shape index (κ3) is 5.51. The maximum atomic E-state index is 4.28. The van der Waals surface area contributed by atoms with Crippen molar-refractivity contribution < 1.29 is 0 Å². The minimum Gasteiger partial charge on any atom is -0.309 e. The van der Waals surface area contributed by atoms with Gasteiger partial charge in [-0.05, 0) is 112 Å². The van der Waals surface area contributed by atoms with Crippen LogP contribution in [0.2, 0.25) is 0 Å². The highest BCUT2D eigenvalue weighted by Crippen LogP contribution is 2.40. The number of fused-ring (bicyclic) bond motifs is 4. The monoisotopic (exact) mass is 669 g/mol. The fourth-order valence-corrected chi connectivity index (χ4v) is 8.50. The predicted octanol–water partition coefficient (Wildman–Crippen LogP) is 14.3. The Hall–Kier alpha value is -6.22. The zero-order valence-electron chi connectivity index (χ0n) is 28.4. The Labute approximate surface area is 302 Å². The van der Waals surface area contributed by atoms with Crippen LogP contribution in [0.1, 0.15) is 18.2 Å². The van der Waals surface area contributed by atoms with Gasteiger partial charge in [-0.2, -0.15) is 0 Å². The standard InChI is InChI=1S/C49H35NS/c1-3-13-42-43-30-39(34-16-9-6-10-17-34)22-25-47(43)50(46(42)4-2)41-24-27-49-45(32-41)44-31-40(23-26-48(44)51-49)38-21-12-20-37(29-38)36-19-11-18-35(28-36)33-14-7-5-8-15-33/h3-32H,2H2,1H3/b13-3-. The summed E-state index contributed by atoms with van der Waals surface area (Å²) in [5.41, 5.74) is 14.3. The fourth-order valence-electron chi connectivity index (χ4n) is 7.44. The molecule has 0 aliphatic rings. The van der Waals surface area contributed by atoms with E-state index in [4.69, 9.17) is 0 Å². The van der Waals surface area contributed by atoms with Crippen molar-refractivity contribution in [1.29, 1.82) is 0 Å². The molecule has 0 saturated carbocycles. The summed E-state index contributed by atoms with van der Waals surface area (Å²) in [6, 6.07) is 59.6. The van der Waals surface area contributed by atoms with Crippen molar-refractivity contribution in [3.05, 3.63) is 188 Å². The lowest BCUT2D eigenvalue weighted by molar-refractivity contribution is 1.11. The number of hydrogen-bond acceptors (Lipinski definition) is 1. The van der Waals surface area contributed by atoms with Crippen molar-refractivity contribution in [3.8, 4) is 50.2 Å². The molecule has 7 aromatic carbocycles. The molecule has 242 valence electrons. The Morgan fingerprint density at radius 2 is 0.961 bits per heavy atom. The van der Waals surface area contributed by atoms with Gasteiger partial charge in [-0.15, -0.1) is 11.3 Å². The van der Waals surface area contributed by atoms with Crippen LogP contribution in [-0.4, -0.2) is 4.57 Å². The van der Waals surface area contributed by atoms with Crippen molar-refractivity contribution in [3.63, 3.8) is 0 Å². The molecule has 0 unspecified atom stereocenters. The van der Waals surface area contributed by atoms with Crippen molar-refractivity contribution in [2.45, 2.75) is 6.92 Å². The van der Waals surface area contributed by atoms with E-state index in [2.05, 4.69) is 194 Å². The van der Waals surface area contributed by atoms with Crippen molar-refractivity contribution in [2.75, 3.05) is 0 Å². The zero-order chi connectivity index (χ0) is 34.3. The molecule has 0 aliphatic heterocycles. The number of aromatic nitrogens is 1. The molecule has 0 spiro atoms. The third-order valence-corrected chi connectivity index (χ3v) is 11.0. The van der Waals surface area contributed by atoms with E-state index in [0.717, 1.165) is 11.4 Å². The number of nitrogens with zero attached hydrogens (tertiary/aromatic N) is 1. The Morgan fingerprint density at radius 3 is 1.57 bits per heavy atom. The van der Waals surface area contributed by atoms with Crippen molar-refractivity contribution in [1.82, 2.24) is 4.57 Å². The molecule has 2 heteroatoms.